The Bertz CT molecular complexity index is 186. The van der Waals surface area contributed by atoms with E-state index in [1.807, 2.05) is 30.3 Å². The summed E-state index contributed by atoms with van der Waals surface area (Å²) < 4.78 is 0. The highest BCUT2D eigenvalue weighted by Gasteiger charge is 1.90. The first-order valence-electron chi connectivity index (χ1n) is 3.10. The fourth-order valence-electron chi connectivity index (χ4n) is 0.794. The van der Waals surface area contributed by atoms with E-state index in [0.29, 0.717) is 0 Å². The summed E-state index contributed by atoms with van der Waals surface area (Å²) in [6, 6.07) is 10.0. The molecule has 0 saturated heterocycles. The van der Waals surface area contributed by atoms with Crippen LogP contribution in [0.5, 0.6) is 0 Å². The number of rotatable bonds is 2. The second-order valence-corrected chi connectivity index (χ2v) is 3.50. The van der Waals surface area contributed by atoms with Crippen molar-refractivity contribution in [2.24, 2.45) is 10.3 Å². The van der Waals surface area contributed by atoms with Crippen molar-refractivity contribution in [3.63, 3.8) is 0 Å². The van der Waals surface area contributed by atoms with Crippen LogP contribution in [0.1, 0.15) is 5.56 Å². The van der Waals surface area contributed by atoms with Crippen molar-refractivity contribution in [3.05, 3.63) is 35.9 Å². The molecule has 0 bridgehead atoms. The Kier molecular flexibility index (Phi) is 2.74. The summed E-state index contributed by atoms with van der Waals surface area (Å²) in [5.74, 6) is 0.816. The van der Waals surface area contributed by atoms with E-state index in [2.05, 4.69) is 0 Å². The Morgan fingerprint density at radius 3 is 2.20 bits per heavy atom. The molecule has 4 N–H and O–H groups in total. The lowest BCUT2D eigenvalue weighted by Gasteiger charge is -2.07. The predicted octanol–water partition coefficient (Wildman–Crippen LogP) is 0.935. The van der Waals surface area contributed by atoms with Crippen LogP contribution in [-0.4, -0.2) is 0 Å². The quantitative estimate of drug-likeness (QED) is 0.558. The van der Waals surface area contributed by atoms with E-state index in [-0.39, 0.29) is 0 Å². The Balaban J connectivity index is 2.59. The van der Waals surface area contributed by atoms with Gasteiger partial charge in [-0.3, -0.25) is 10.3 Å². The van der Waals surface area contributed by atoms with Gasteiger partial charge in [0.2, 0.25) is 0 Å². The average Bonchev–Trinajstić information content (AvgIpc) is 1.88. The summed E-state index contributed by atoms with van der Waals surface area (Å²) in [7, 11) is 0. The van der Waals surface area contributed by atoms with Crippen molar-refractivity contribution in [1.29, 1.82) is 0 Å². The molecule has 10 heavy (non-hydrogen) atoms. The van der Waals surface area contributed by atoms with Crippen LogP contribution in [0.3, 0.4) is 0 Å². The molecule has 0 amide bonds. The standard InChI is InChI=1S/C7H12N2S/c8-10(9)6-7-4-2-1-3-5-7/h1-5,10H,6,8-9H2. The second kappa shape index (κ2) is 3.61. The van der Waals surface area contributed by atoms with Gasteiger partial charge in [0, 0.05) is 5.75 Å². The van der Waals surface area contributed by atoms with Gasteiger partial charge in [-0.2, -0.15) is 0 Å². The van der Waals surface area contributed by atoms with Crippen molar-refractivity contribution < 1.29 is 0 Å². The topological polar surface area (TPSA) is 52.0 Å². The van der Waals surface area contributed by atoms with E-state index in [1.165, 1.54) is 5.56 Å². The van der Waals surface area contributed by atoms with Crippen LogP contribution in [0.2, 0.25) is 0 Å². The van der Waals surface area contributed by atoms with E-state index >= 15 is 0 Å². The summed E-state index contributed by atoms with van der Waals surface area (Å²) in [6.45, 7) is 0. The van der Waals surface area contributed by atoms with Gasteiger partial charge in [0.1, 0.15) is 0 Å². The molecule has 0 spiro atoms. The lowest BCUT2D eigenvalue weighted by molar-refractivity contribution is 1.39. The molecule has 2 nitrogen and oxygen atoms in total. The van der Waals surface area contributed by atoms with Gasteiger partial charge in [0.05, 0.1) is 0 Å². The van der Waals surface area contributed by atoms with Crippen molar-refractivity contribution in [2.45, 2.75) is 5.75 Å². The van der Waals surface area contributed by atoms with Crippen LogP contribution in [-0.2, 0) is 5.75 Å². The minimum Gasteiger partial charge on any atom is -0.286 e. The van der Waals surface area contributed by atoms with E-state index in [1.54, 1.807) is 0 Å². The van der Waals surface area contributed by atoms with Crippen LogP contribution in [0.4, 0.5) is 0 Å². The third kappa shape index (κ3) is 2.39. The highest BCUT2D eigenvalue weighted by molar-refractivity contribution is 8.12. The van der Waals surface area contributed by atoms with E-state index in [9.17, 15) is 0 Å². The summed E-state index contributed by atoms with van der Waals surface area (Å²) in [5.41, 5.74) is 1.22. The molecule has 0 aliphatic heterocycles. The fourth-order valence-corrected chi connectivity index (χ4v) is 1.43. The zero-order chi connectivity index (χ0) is 7.40. The van der Waals surface area contributed by atoms with Crippen molar-refractivity contribution in [1.82, 2.24) is 0 Å². The zero-order valence-corrected chi connectivity index (χ0v) is 6.59. The van der Waals surface area contributed by atoms with Gasteiger partial charge in [-0.25, -0.2) is 0 Å². The van der Waals surface area contributed by atoms with Gasteiger partial charge >= 0.3 is 0 Å². The Hall–Kier alpha value is -0.510. The normalized spacial score (nSPS) is 11.2. The molecule has 0 aromatic heterocycles. The maximum absolute atomic E-state index is 5.47. The molecule has 56 valence electrons. The lowest BCUT2D eigenvalue weighted by Crippen LogP contribution is -2.05. The molecule has 1 rings (SSSR count). The van der Waals surface area contributed by atoms with E-state index in [4.69, 9.17) is 10.3 Å². The summed E-state index contributed by atoms with van der Waals surface area (Å²) in [6.07, 6.45) is 0. The Morgan fingerprint density at radius 1 is 1.10 bits per heavy atom. The van der Waals surface area contributed by atoms with Gasteiger partial charge in [0.25, 0.3) is 0 Å². The largest absolute Gasteiger partial charge is 0.286 e. The third-order valence-corrected chi connectivity index (χ3v) is 1.94. The molecule has 1 aromatic rings. The average molecular weight is 156 g/mol. The highest BCUT2D eigenvalue weighted by atomic mass is 32.2. The van der Waals surface area contributed by atoms with E-state index < -0.39 is 11.3 Å². The molecule has 0 heterocycles. The summed E-state index contributed by atoms with van der Waals surface area (Å²) in [5, 5.41) is 10.9. The lowest BCUT2D eigenvalue weighted by atomic mass is 10.2. The highest BCUT2D eigenvalue weighted by Crippen LogP contribution is 2.12. The van der Waals surface area contributed by atoms with Gasteiger partial charge < -0.3 is 0 Å². The number of hydrogen-bond donors (Lipinski definition) is 3. The van der Waals surface area contributed by atoms with Crippen molar-refractivity contribution in [2.75, 3.05) is 0 Å². The van der Waals surface area contributed by atoms with Gasteiger partial charge in [0.15, 0.2) is 0 Å². The SMILES string of the molecule is N[SH](N)Cc1ccccc1. The maximum atomic E-state index is 5.47. The molecular weight excluding hydrogens is 144 g/mol. The third-order valence-electron chi connectivity index (χ3n) is 1.21. The van der Waals surface area contributed by atoms with Gasteiger partial charge in [-0.05, 0) is 5.56 Å². The Morgan fingerprint density at radius 2 is 1.70 bits per heavy atom. The molecule has 0 aliphatic rings. The van der Waals surface area contributed by atoms with Crippen LogP contribution in [0.15, 0.2) is 30.3 Å². The van der Waals surface area contributed by atoms with Crippen LogP contribution in [0, 0.1) is 0 Å². The molecule has 0 unspecified atom stereocenters. The van der Waals surface area contributed by atoms with Gasteiger partial charge in [-0.15, -0.1) is 11.3 Å². The number of benzene rings is 1. The first-order chi connectivity index (χ1) is 4.79. The molecule has 0 radical (unpaired) electrons. The summed E-state index contributed by atoms with van der Waals surface area (Å²) >= 11 is -0.777. The molecule has 3 heteroatoms. The molecule has 0 aliphatic carbocycles. The minimum absolute atomic E-state index is 0.777. The smallest absolute Gasteiger partial charge is 0.0234 e. The second-order valence-electron chi connectivity index (χ2n) is 2.16. The predicted molar refractivity (Wildman–Crippen MR) is 47.5 cm³/mol. The van der Waals surface area contributed by atoms with Crippen molar-refractivity contribution in [3.8, 4) is 0 Å². The monoisotopic (exact) mass is 156 g/mol. The number of thiol groups is 1. The van der Waals surface area contributed by atoms with Gasteiger partial charge in [-0.1, -0.05) is 30.3 Å². The van der Waals surface area contributed by atoms with E-state index in [0.717, 1.165) is 5.75 Å². The van der Waals surface area contributed by atoms with Crippen LogP contribution >= 0.6 is 11.3 Å². The molecular formula is C7H12N2S. The fraction of sp³-hybridized carbons (Fsp3) is 0.143. The van der Waals surface area contributed by atoms with Crippen molar-refractivity contribution >= 4 is 11.3 Å². The maximum Gasteiger partial charge on any atom is 0.0234 e. The summed E-state index contributed by atoms with van der Waals surface area (Å²) in [4.78, 5) is 0. The minimum atomic E-state index is -0.777. The molecule has 1 aromatic carbocycles. The first-order valence-corrected chi connectivity index (χ1v) is 4.76. The number of hydrogen-bond acceptors (Lipinski definition) is 2. The molecule has 0 fully saturated rings. The van der Waals surface area contributed by atoms with Crippen LogP contribution < -0.4 is 10.3 Å². The molecule has 0 saturated carbocycles. The number of nitrogens with two attached hydrogens (primary N) is 2. The molecule has 0 atom stereocenters. The van der Waals surface area contributed by atoms with Crippen LogP contribution in [0.25, 0.3) is 0 Å². The zero-order valence-electron chi connectivity index (χ0n) is 5.70. The Labute approximate surface area is 63.8 Å². The first kappa shape index (κ1) is 7.60.